The Hall–Kier alpha value is -7.63. The van der Waals surface area contributed by atoms with Gasteiger partial charge < -0.3 is 8.98 Å². The molecule has 5 heteroatoms. The number of aromatic nitrogens is 4. The Bertz CT molecular complexity index is 3400. The zero-order valence-electron chi connectivity index (χ0n) is 32.5. The Balaban J connectivity index is 1.17. The first kappa shape index (κ1) is 33.5. The van der Waals surface area contributed by atoms with E-state index in [1.165, 1.54) is 33.0 Å². The lowest BCUT2D eigenvalue weighted by Gasteiger charge is -2.21. The molecule has 3 heterocycles. The quantitative estimate of drug-likeness (QED) is 0.175. The predicted molar refractivity (Wildman–Crippen MR) is 241 cm³/mol. The van der Waals surface area contributed by atoms with Gasteiger partial charge in [-0.05, 0) is 69.8 Å². The summed E-state index contributed by atoms with van der Waals surface area (Å²) in [4.78, 5) is 15.3. The summed E-state index contributed by atoms with van der Waals surface area (Å²) >= 11 is 0. The summed E-state index contributed by atoms with van der Waals surface area (Å²) in [5, 5.41) is 4.38. The third kappa shape index (κ3) is 5.08. The van der Waals surface area contributed by atoms with Crippen LogP contribution in [0.5, 0.6) is 0 Å². The van der Waals surface area contributed by atoms with Crippen LogP contribution >= 0.6 is 0 Å². The number of para-hydroxylation sites is 1. The maximum atomic E-state index is 7.08. The normalized spacial score (nSPS) is 13.1. The monoisotopic (exact) mass is 756 g/mol. The van der Waals surface area contributed by atoms with E-state index >= 15 is 0 Å². The van der Waals surface area contributed by atoms with Gasteiger partial charge in [-0.25, -0.2) is 15.0 Å². The Labute approximate surface area is 340 Å². The topological polar surface area (TPSA) is 56.7 Å². The average Bonchev–Trinajstić information content (AvgIpc) is 3.91. The van der Waals surface area contributed by atoms with Gasteiger partial charge in [0.25, 0.3) is 0 Å². The smallest absolute Gasteiger partial charge is 0.164 e. The fourth-order valence-corrected chi connectivity index (χ4v) is 9.41. The fourth-order valence-electron chi connectivity index (χ4n) is 9.41. The standard InChI is InChI=1S/C54H36N4O/c1-54(2)43-26-14-12-23-37(43)40-31-41-38-24-13-15-27-45(38)58(46(41)32-44(40)54)47-30-36(33-17-6-3-7-18-33)29-42-49-39(25-16-28-48(49)59-50(42)47)53-56-51(34-19-8-4-9-20-34)55-52(57-53)35-21-10-5-11-22-35/h3-32H,1-2H3. The summed E-state index contributed by atoms with van der Waals surface area (Å²) in [6.07, 6.45) is 0. The fraction of sp³-hybridized carbons (Fsp3) is 0.0556. The zero-order valence-corrected chi connectivity index (χ0v) is 32.5. The summed E-state index contributed by atoms with van der Waals surface area (Å²) < 4.78 is 9.50. The van der Waals surface area contributed by atoms with E-state index in [4.69, 9.17) is 19.4 Å². The van der Waals surface area contributed by atoms with E-state index in [1.54, 1.807) is 0 Å². The molecule has 3 aromatic heterocycles. The molecule has 0 unspecified atom stereocenters. The minimum Gasteiger partial charge on any atom is -0.454 e. The van der Waals surface area contributed by atoms with Crippen LogP contribution in [0.3, 0.4) is 0 Å². The highest BCUT2D eigenvalue weighted by Crippen LogP contribution is 2.51. The van der Waals surface area contributed by atoms with Crippen molar-refractivity contribution in [2.24, 2.45) is 0 Å². The van der Waals surface area contributed by atoms with Crippen molar-refractivity contribution in [1.82, 2.24) is 19.5 Å². The van der Waals surface area contributed by atoms with Crippen molar-refractivity contribution < 1.29 is 4.42 Å². The van der Waals surface area contributed by atoms with Gasteiger partial charge in [0.2, 0.25) is 0 Å². The van der Waals surface area contributed by atoms with E-state index in [1.807, 2.05) is 66.7 Å². The second-order valence-corrected chi connectivity index (χ2v) is 16.0. The molecule has 1 aliphatic carbocycles. The molecule has 1 aliphatic rings. The molecule has 8 aromatic carbocycles. The van der Waals surface area contributed by atoms with Crippen molar-refractivity contribution in [2.45, 2.75) is 19.3 Å². The van der Waals surface area contributed by atoms with Crippen molar-refractivity contribution in [3.8, 4) is 62.1 Å². The summed E-state index contributed by atoms with van der Waals surface area (Å²) in [7, 11) is 0. The molecule has 0 atom stereocenters. The molecule has 0 saturated carbocycles. The molecule has 0 N–H and O–H groups in total. The molecule has 0 spiro atoms. The van der Waals surface area contributed by atoms with Gasteiger partial charge in [-0.1, -0.05) is 159 Å². The van der Waals surface area contributed by atoms with Crippen LogP contribution in [0.15, 0.2) is 186 Å². The highest BCUT2D eigenvalue weighted by Gasteiger charge is 2.36. The number of hydrogen-bond acceptors (Lipinski definition) is 4. The van der Waals surface area contributed by atoms with Gasteiger partial charge in [-0.15, -0.1) is 0 Å². The van der Waals surface area contributed by atoms with E-state index in [0.717, 1.165) is 66.5 Å². The van der Waals surface area contributed by atoms with Crippen molar-refractivity contribution in [2.75, 3.05) is 0 Å². The van der Waals surface area contributed by atoms with Crippen LogP contribution in [0.2, 0.25) is 0 Å². The molecule has 0 saturated heterocycles. The first-order valence-corrected chi connectivity index (χ1v) is 20.1. The van der Waals surface area contributed by atoms with Crippen LogP contribution in [0.25, 0.3) is 106 Å². The number of furan rings is 1. The highest BCUT2D eigenvalue weighted by atomic mass is 16.3. The van der Waals surface area contributed by atoms with Gasteiger partial charge in [0, 0.05) is 43.7 Å². The molecule has 11 aromatic rings. The molecule has 5 nitrogen and oxygen atoms in total. The van der Waals surface area contributed by atoms with Gasteiger partial charge in [0.1, 0.15) is 5.58 Å². The van der Waals surface area contributed by atoms with Crippen molar-refractivity contribution in [3.63, 3.8) is 0 Å². The van der Waals surface area contributed by atoms with Gasteiger partial charge in [-0.2, -0.15) is 0 Å². The van der Waals surface area contributed by atoms with Crippen LogP contribution in [-0.4, -0.2) is 19.5 Å². The van der Waals surface area contributed by atoms with Gasteiger partial charge >= 0.3 is 0 Å². The molecule has 0 fully saturated rings. The third-order valence-corrected chi connectivity index (χ3v) is 12.2. The molecular formula is C54H36N4O. The molecule has 0 bridgehead atoms. The Morgan fingerprint density at radius 2 is 1.03 bits per heavy atom. The van der Waals surface area contributed by atoms with E-state index in [2.05, 4.69) is 134 Å². The molecule has 0 amide bonds. The van der Waals surface area contributed by atoms with Gasteiger partial charge in [0.05, 0.1) is 16.7 Å². The van der Waals surface area contributed by atoms with E-state index in [9.17, 15) is 0 Å². The van der Waals surface area contributed by atoms with Crippen LogP contribution in [0.4, 0.5) is 0 Å². The van der Waals surface area contributed by atoms with Crippen molar-refractivity contribution in [1.29, 1.82) is 0 Å². The Kier molecular flexibility index (Phi) is 7.20. The van der Waals surface area contributed by atoms with Crippen LogP contribution in [0.1, 0.15) is 25.0 Å². The third-order valence-electron chi connectivity index (χ3n) is 12.2. The molecule has 12 rings (SSSR count). The predicted octanol–water partition coefficient (Wildman–Crippen LogP) is 13.8. The zero-order chi connectivity index (χ0) is 39.2. The molecule has 0 aliphatic heterocycles. The number of benzene rings is 8. The van der Waals surface area contributed by atoms with E-state index in [-0.39, 0.29) is 5.41 Å². The van der Waals surface area contributed by atoms with Crippen molar-refractivity contribution >= 4 is 43.7 Å². The minimum atomic E-state index is -0.154. The lowest BCUT2D eigenvalue weighted by atomic mass is 9.82. The van der Waals surface area contributed by atoms with E-state index < -0.39 is 0 Å². The summed E-state index contributed by atoms with van der Waals surface area (Å²) in [5.41, 5.74) is 14.9. The number of nitrogens with zero attached hydrogens (tertiary/aromatic N) is 4. The molecular weight excluding hydrogens is 721 g/mol. The maximum absolute atomic E-state index is 7.08. The lowest BCUT2D eigenvalue weighted by Crippen LogP contribution is -2.15. The number of hydrogen-bond donors (Lipinski definition) is 0. The summed E-state index contributed by atoms with van der Waals surface area (Å²) in [6.45, 7) is 4.69. The largest absolute Gasteiger partial charge is 0.454 e. The average molecular weight is 757 g/mol. The number of rotatable bonds is 5. The van der Waals surface area contributed by atoms with Gasteiger partial charge in [-0.3, -0.25) is 0 Å². The molecule has 278 valence electrons. The Morgan fingerprint density at radius 3 is 1.76 bits per heavy atom. The SMILES string of the molecule is CC1(C)c2ccccc2-c2cc3c4ccccc4n(-c4cc(-c5ccccc5)cc5c4oc4cccc(-c6nc(-c7ccccc7)nc(-c7ccccc7)n6)c45)c3cc21. The summed E-state index contributed by atoms with van der Waals surface area (Å²) in [5.74, 6) is 1.83. The second kappa shape index (κ2) is 12.7. The van der Waals surface area contributed by atoms with Crippen molar-refractivity contribution in [3.05, 3.63) is 193 Å². The van der Waals surface area contributed by atoms with E-state index in [0.29, 0.717) is 17.5 Å². The Morgan fingerprint density at radius 1 is 0.424 bits per heavy atom. The molecule has 59 heavy (non-hydrogen) atoms. The highest BCUT2D eigenvalue weighted by molar-refractivity contribution is 6.17. The lowest BCUT2D eigenvalue weighted by molar-refractivity contribution is 0.660. The number of fused-ring (bicyclic) bond motifs is 9. The second-order valence-electron chi connectivity index (χ2n) is 16.0. The van der Waals surface area contributed by atoms with Gasteiger partial charge in [0.15, 0.2) is 23.1 Å². The van der Waals surface area contributed by atoms with Crippen LogP contribution in [-0.2, 0) is 5.41 Å². The first-order valence-electron chi connectivity index (χ1n) is 20.1. The minimum absolute atomic E-state index is 0.154. The molecule has 0 radical (unpaired) electrons. The van der Waals surface area contributed by atoms with Crippen LogP contribution < -0.4 is 0 Å². The first-order chi connectivity index (χ1) is 29.0. The maximum Gasteiger partial charge on any atom is 0.164 e. The van der Waals surface area contributed by atoms with Crippen LogP contribution in [0, 0.1) is 0 Å². The summed E-state index contributed by atoms with van der Waals surface area (Å²) in [6, 6.07) is 64.1.